The third-order valence-electron chi connectivity index (χ3n) is 1.48. The molecule has 6 heteroatoms. The van der Waals surface area contributed by atoms with Gasteiger partial charge in [0, 0.05) is 4.57 Å². The van der Waals surface area contributed by atoms with Crippen LogP contribution < -0.4 is 4.74 Å². The topological polar surface area (TPSA) is 72.8 Å². The summed E-state index contributed by atoms with van der Waals surface area (Å²) in [5.74, 6) is 0.176. The quantitative estimate of drug-likeness (QED) is 0.744. The minimum absolute atomic E-state index is 0.173. The van der Waals surface area contributed by atoms with Gasteiger partial charge in [-0.15, -0.1) is 9.42 Å². The minimum Gasteiger partial charge on any atom is -0.486 e. The molecule has 1 unspecified atom stereocenters. The Bertz CT molecular complexity index is 338. The Labute approximate surface area is 87.6 Å². The normalized spacial score (nSPS) is 10.9. The van der Waals surface area contributed by atoms with Gasteiger partial charge in [-0.3, -0.25) is 4.79 Å². The maximum atomic E-state index is 11.0. The summed E-state index contributed by atoms with van der Waals surface area (Å²) in [7, 11) is -2.72. The molecular formula is C9H10O5P+. The Balaban J connectivity index is 2.26. The molecule has 0 bridgehead atoms. The smallest absolute Gasteiger partial charge is 0.486 e. The van der Waals surface area contributed by atoms with Gasteiger partial charge in [0.1, 0.15) is 12.4 Å². The standard InChI is InChI=1S/C9H9O5P/c10-8(7-14-15(11)12)6-13-9-4-2-1-3-5-9/h1-5H,6-7H2/p+1. The molecule has 1 aromatic carbocycles. The number of ether oxygens (including phenoxy) is 1. The average Bonchev–Trinajstić information content (AvgIpc) is 2.25. The Morgan fingerprint density at radius 2 is 1.93 bits per heavy atom. The Morgan fingerprint density at radius 3 is 2.53 bits per heavy atom. The van der Waals surface area contributed by atoms with Gasteiger partial charge in [0.25, 0.3) is 0 Å². The highest BCUT2D eigenvalue weighted by Crippen LogP contribution is 2.13. The zero-order chi connectivity index (χ0) is 11.1. The zero-order valence-corrected chi connectivity index (χ0v) is 8.72. The fraction of sp³-hybridized carbons (Fsp3) is 0.222. The van der Waals surface area contributed by atoms with Crippen molar-refractivity contribution in [1.29, 1.82) is 0 Å². The third kappa shape index (κ3) is 5.22. The fourth-order valence-electron chi connectivity index (χ4n) is 0.849. The summed E-state index contributed by atoms with van der Waals surface area (Å²) in [6.45, 7) is -0.592. The summed E-state index contributed by atoms with van der Waals surface area (Å²) in [4.78, 5) is 19.3. The number of carbonyl (C=O) groups is 1. The van der Waals surface area contributed by atoms with Crippen molar-refractivity contribution < 1.29 is 23.5 Å². The highest BCUT2D eigenvalue weighted by Gasteiger charge is 2.15. The van der Waals surface area contributed by atoms with E-state index in [-0.39, 0.29) is 6.61 Å². The van der Waals surface area contributed by atoms with E-state index in [1.54, 1.807) is 24.3 Å². The molecule has 0 radical (unpaired) electrons. The Hall–Kier alpha value is -1.29. The molecule has 0 spiro atoms. The largest absolute Gasteiger partial charge is 0.695 e. The highest BCUT2D eigenvalue weighted by molar-refractivity contribution is 7.32. The van der Waals surface area contributed by atoms with E-state index in [0.29, 0.717) is 5.75 Å². The van der Waals surface area contributed by atoms with E-state index >= 15 is 0 Å². The number of hydrogen-bond donors (Lipinski definition) is 1. The van der Waals surface area contributed by atoms with E-state index < -0.39 is 20.6 Å². The number of ketones is 1. The van der Waals surface area contributed by atoms with Crippen molar-refractivity contribution in [3.8, 4) is 5.75 Å². The molecule has 0 fully saturated rings. The molecule has 0 aliphatic carbocycles. The van der Waals surface area contributed by atoms with Crippen LogP contribution in [-0.2, 0) is 13.9 Å². The fourth-order valence-corrected chi connectivity index (χ4v) is 1.10. The molecule has 0 aliphatic rings. The van der Waals surface area contributed by atoms with Crippen LogP contribution in [0, 0.1) is 0 Å². The van der Waals surface area contributed by atoms with E-state index in [1.807, 2.05) is 6.07 Å². The second-order valence-corrected chi connectivity index (χ2v) is 3.39. The van der Waals surface area contributed by atoms with Crippen molar-refractivity contribution in [3.05, 3.63) is 30.3 Å². The summed E-state index contributed by atoms with van der Waals surface area (Å²) in [6.07, 6.45) is 0. The zero-order valence-electron chi connectivity index (χ0n) is 7.83. The summed E-state index contributed by atoms with van der Waals surface area (Å²) >= 11 is 0. The van der Waals surface area contributed by atoms with E-state index in [2.05, 4.69) is 4.52 Å². The van der Waals surface area contributed by atoms with Gasteiger partial charge in [0.2, 0.25) is 5.78 Å². The van der Waals surface area contributed by atoms with Crippen LogP contribution in [0.25, 0.3) is 0 Å². The summed E-state index contributed by atoms with van der Waals surface area (Å²) in [5, 5.41) is 0. The Kier molecular flexibility index (Phi) is 4.90. The van der Waals surface area contributed by atoms with Crippen LogP contribution in [0.4, 0.5) is 0 Å². The molecule has 80 valence electrons. The molecule has 0 aliphatic heterocycles. The molecule has 5 nitrogen and oxygen atoms in total. The molecular weight excluding hydrogens is 219 g/mol. The molecule has 0 saturated heterocycles. The predicted octanol–water partition coefficient (Wildman–Crippen LogP) is 1.30. The predicted molar refractivity (Wildman–Crippen MR) is 52.7 cm³/mol. The minimum atomic E-state index is -2.72. The van der Waals surface area contributed by atoms with Gasteiger partial charge in [-0.2, -0.15) is 0 Å². The monoisotopic (exact) mass is 229 g/mol. The molecule has 1 aromatic rings. The summed E-state index contributed by atoms with van der Waals surface area (Å²) < 4.78 is 19.4. The summed E-state index contributed by atoms with van der Waals surface area (Å²) in [5.41, 5.74) is 0. The number of Topliss-reactive ketones (excluding diaryl/α,β-unsaturated/α-hetero) is 1. The van der Waals surface area contributed by atoms with E-state index in [4.69, 9.17) is 9.63 Å². The van der Waals surface area contributed by atoms with E-state index in [1.165, 1.54) is 0 Å². The first-order chi connectivity index (χ1) is 7.18. The lowest BCUT2D eigenvalue weighted by molar-refractivity contribution is -0.123. The van der Waals surface area contributed by atoms with E-state index in [9.17, 15) is 9.36 Å². The molecule has 1 N–H and O–H groups in total. The van der Waals surface area contributed by atoms with E-state index in [0.717, 1.165) is 0 Å². The van der Waals surface area contributed by atoms with Crippen LogP contribution in [0.2, 0.25) is 0 Å². The summed E-state index contributed by atoms with van der Waals surface area (Å²) in [6, 6.07) is 8.80. The lowest BCUT2D eigenvalue weighted by Gasteiger charge is -2.02. The van der Waals surface area contributed by atoms with Crippen LogP contribution in [0.3, 0.4) is 0 Å². The van der Waals surface area contributed by atoms with Crippen LogP contribution in [-0.4, -0.2) is 23.9 Å². The van der Waals surface area contributed by atoms with Crippen molar-refractivity contribution in [2.75, 3.05) is 13.2 Å². The first-order valence-corrected chi connectivity index (χ1v) is 5.30. The molecule has 0 aromatic heterocycles. The van der Waals surface area contributed by atoms with Crippen molar-refractivity contribution in [1.82, 2.24) is 0 Å². The highest BCUT2D eigenvalue weighted by atomic mass is 31.1. The van der Waals surface area contributed by atoms with Crippen LogP contribution >= 0.6 is 8.25 Å². The molecule has 0 amide bonds. The average molecular weight is 229 g/mol. The van der Waals surface area contributed by atoms with Crippen molar-refractivity contribution in [2.45, 2.75) is 0 Å². The second-order valence-electron chi connectivity index (χ2n) is 2.65. The van der Waals surface area contributed by atoms with Crippen LogP contribution in [0.1, 0.15) is 0 Å². The maximum absolute atomic E-state index is 11.0. The van der Waals surface area contributed by atoms with Gasteiger partial charge >= 0.3 is 8.25 Å². The lowest BCUT2D eigenvalue weighted by Crippen LogP contribution is -2.15. The molecule has 0 heterocycles. The molecule has 0 saturated carbocycles. The number of hydrogen-bond acceptors (Lipinski definition) is 4. The van der Waals surface area contributed by atoms with Gasteiger partial charge in [-0.05, 0) is 12.1 Å². The van der Waals surface area contributed by atoms with Gasteiger partial charge in [0.05, 0.1) is 0 Å². The van der Waals surface area contributed by atoms with Gasteiger partial charge in [-0.25, -0.2) is 0 Å². The van der Waals surface area contributed by atoms with Crippen molar-refractivity contribution in [3.63, 3.8) is 0 Å². The SMILES string of the molecule is O=C(COc1ccccc1)CO[P+](=O)O. The Morgan fingerprint density at radius 1 is 1.27 bits per heavy atom. The maximum Gasteiger partial charge on any atom is 0.695 e. The number of benzene rings is 1. The van der Waals surface area contributed by atoms with Gasteiger partial charge in [-0.1, -0.05) is 18.2 Å². The molecule has 1 atom stereocenters. The van der Waals surface area contributed by atoms with Gasteiger partial charge in [0.15, 0.2) is 6.61 Å². The van der Waals surface area contributed by atoms with Gasteiger partial charge < -0.3 is 4.74 Å². The van der Waals surface area contributed by atoms with Crippen LogP contribution in [0.5, 0.6) is 5.75 Å². The van der Waals surface area contributed by atoms with Crippen molar-refractivity contribution >= 4 is 14.0 Å². The second kappa shape index (κ2) is 6.24. The third-order valence-corrected chi connectivity index (χ3v) is 1.83. The number of carbonyl (C=O) groups excluding carboxylic acids is 1. The molecule has 1 rings (SSSR count). The molecule has 15 heavy (non-hydrogen) atoms. The number of rotatable bonds is 6. The number of para-hydroxylation sites is 1. The first-order valence-electron chi connectivity index (χ1n) is 4.17. The van der Waals surface area contributed by atoms with Crippen molar-refractivity contribution in [2.24, 2.45) is 0 Å². The van der Waals surface area contributed by atoms with Crippen LogP contribution in [0.15, 0.2) is 30.3 Å². The lowest BCUT2D eigenvalue weighted by atomic mass is 10.3. The first kappa shape index (κ1) is 11.8.